The summed E-state index contributed by atoms with van der Waals surface area (Å²) in [5.41, 5.74) is 8.63. The highest BCUT2D eigenvalue weighted by Crippen LogP contribution is 2.47. The number of benzene rings is 7. The Labute approximate surface area is 337 Å². The summed E-state index contributed by atoms with van der Waals surface area (Å²) in [6, 6.07) is 55.6. The van der Waals surface area contributed by atoms with Gasteiger partial charge in [-0.2, -0.15) is 0 Å². The maximum Gasteiger partial charge on any atom is 0.130 e. The number of rotatable bonds is 5. The van der Waals surface area contributed by atoms with Gasteiger partial charge in [0.2, 0.25) is 0 Å². The van der Waals surface area contributed by atoms with Gasteiger partial charge in [-0.05, 0) is 47.9 Å². The van der Waals surface area contributed by atoms with Crippen LogP contribution in [0.4, 0.5) is 0 Å². The zero-order chi connectivity index (χ0) is 37.5. The van der Waals surface area contributed by atoms with E-state index in [1.165, 1.54) is 90.1 Å². The highest BCUT2D eigenvalue weighted by atomic mass is 32.1. The Hall–Kier alpha value is -6.31. The number of nitrogens with zero attached hydrogens (tertiary/aromatic N) is 2. The second-order valence-corrected chi connectivity index (χ2v) is 17.2. The molecule has 4 heterocycles. The van der Waals surface area contributed by atoms with Crippen molar-refractivity contribution in [1.82, 2.24) is 15.2 Å². The summed E-state index contributed by atoms with van der Waals surface area (Å²) in [5, 5.41) is 15.4. The number of aromatic nitrogens is 1. The number of thiophene rings is 2. The fourth-order valence-corrected chi connectivity index (χ4v) is 11.7. The minimum absolute atomic E-state index is 0.0526. The van der Waals surface area contributed by atoms with Crippen molar-refractivity contribution in [2.45, 2.75) is 18.8 Å². The third-order valence-corrected chi connectivity index (χ3v) is 14.2. The van der Waals surface area contributed by atoms with E-state index in [0.717, 1.165) is 12.3 Å². The lowest BCUT2D eigenvalue weighted by Gasteiger charge is -2.34. The van der Waals surface area contributed by atoms with Crippen molar-refractivity contribution in [3.8, 4) is 16.8 Å². The van der Waals surface area contributed by atoms with Crippen LogP contribution >= 0.6 is 22.7 Å². The highest BCUT2D eigenvalue weighted by molar-refractivity contribution is 7.27. The van der Waals surface area contributed by atoms with Crippen LogP contribution in [0.1, 0.15) is 29.9 Å². The molecule has 6 heteroatoms. The zero-order valence-corrected chi connectivity index (χ0v) is 32.5. The molecular formula is C51H36N4S2. The van der Waals surface area contributed by atoms with Gasteiger partial charge in [-0.15, -0.1) is 22.7 Å². The number of aliphatic imine (C=N–C) groups is 1. The third kappa shape index (κ3) is 5.25. The van der Waals surface area contributed by atoms with Crippen molar-refractivity contribution in [1.29, 1.82) is 0 Å². The van der Waals surface area contributed by atoms with Gasteiger partial charge in [0.25, 0.3) is 0 Å². The Balaban J connectivity index is 1.00. The molecule has 4 nitrogen and oxygen atoms in total. The number of allylic oxidation sites excluding steroid dienone is 3. The van der Waals surface area contributed by atoms with Gasteiger partial charge in [0.05, 0.1) is 11.0 Å². The molecule has 0 saturated heterocycles. The molecule has 7 aromatic carbocycles. The van der Waals surface area contributed by atoms with E-state index in [0.29, 0.717) is 0 Å². The first-order valence-electron chi connectivity index (χ1n) is 19.6. The molecule has 1 aliphatic carbocycles. The lowest BCUT2D eigenvalue weighted by atomic mass is 9.97. The predicted molar refractivity (Wildman–Crippen MR) is 244 cm³/mol. The lowest BCUT2D eigenvalue weighted by Crippen LogP contribution is -2.47. The van der Waals surface area contributed by atoms with Gasteiger partial charge in [0.1, 0.15) is 18.2 Å². The Morgan fingerprint density at radius 2 is 1.30 bits per heavy atom. The summed E-state index contributed by atoms with van der Waals surface area (Å²) < 4.78 is 7.61. The smallest absolute Gasteiger partial charge is 0.130 e. The number of hydrogen-bond donors (Lipinski definition) is 2. The first-order valence-corrected chi connectivity index (χ1v) is 21.3. The Kier molecular flexibility index (Phi) is 7.58. The van der Waals surface area contributed by atoms with Crippen molar-refractivity contribution in [3.63, 3.8) is 0 Å². The number of amidine groups is 1. The predicted octanol–water partition coefficient (Wildman–Crippen LogP) is 13.6. The summed E-state index contributed by atoms with van der Waals surface area (Å²) in [4.78, 5) is 5.39. The molecule has 1 aliphatic heterocycles. The van der Waals surface area contributed by atoms with E-state index in [1.807, 2.05) is 22.7 Å². The molecule has 0 saturated carbocycles. The van der Waals surface area contributed by atoms with Crippen LogP contribution in [0.2, 0.25) is 0 Å². The molecule has 0 amide bonds. The summed E-state index contributed by atoms with van der Waals surface area (Å²) in [6.07, 6.45) is 9.47. The van der Waals surface area contributed by atoms with E-state index in [-0.39, 0.29) is 18.2 Å². The first kappa shape index (κ1) is 32.9. The first-order chi connectivity index (χ1) is 28.3. The largest absolute Gasteiger partial charge is 0.354 e. The molecule has 2 aliphatic rings. The van der Waals surface area contributed by atoms with Crippen molar-refractivity contribution in [2.75, 3.05) is 0 Å². The van der Waals surface area contributed by atoms with Gasteiger partial charge >= 0.3 is 0 Å². The normalized spacial score (nSPS) is 18.3. The fraction of sp³-hybridized carbons (Fsp3) is 0.0784. The minimum atomic E-state index is -0.195. The number of hydrogen-bond acceptors (Lipinski definition) is 5. The molecule has 272 valence electrons. The SMILES string of the molecule is C1=CCC(C2=NC(c3cccc4c3sc3c(-c5cccc6sc7cc(-n8c9ccccc9c9ccccc98)ccc7c56)cccc34)NC(c3ccccc3)N2)C=C1. The molecule has 12 rings (SSSR count). The molecular weight excluding hydrogens is 733 g/mol. The number of fused-ring (bicyclic) bond motifs is 9. The van der Waals surface area contributed by atoms with Gasteiger partial charge < -0.3 is 9.88 Å². The average molecular weight is 769 g/mol. The molecule has 0 fully saturated rings. The topological polar surface area (TPSA) is 41.4 Å². The molecule has 0 bridgehead atoms. The van der Waals surface area contributed by atoms with E-state index < -0.39 is 0 Å². The quantitative estimate of drug-likeness (QED) is 0.183. The van der Waals surface area contributed by atoms with Crippen molar-refractivity contribution < 1.29 is 0 Å². The van der Waals surface area contributed by atoms with E-state index in [9.17, 15) is 0 Å². The molecule has 3 unspecified atom stereocenters. The van der Waals surface area contributed by atoms with Gasteiger partial charge in [0, 0.05) is 73.8 Å². The van der Waals surface area contributed by atoms with Crippen LogP contribution in [-0.2, 0) is 0 Å². The highest BCUT2D eigenvalue weighted by Gasteiger charge is 2.29. The van der Waals surface area contributed by atoms with E-state index >= 15 is 0 Å². The number of para-hydroxylation sites is 2. The monoisotopic (exact) mass is 768 g/mol. The third-order valence-electron chi connectivity index (χ3n) is 11.8. The molecule has 57 heavy (non-hydrogen) atoms. The summed E-state index contributed by atoms with van der Waals surface area (Å²) in [7, 11) is 0. The second-order valence-electron chi connectivity index (χ2n) is 15.1. The Bertz CT molecular complexity index is 3250. The maximum absolute atomic E-state index is 5.39. The van der Waals surface area contributed by atoms with Crippen molar-refractivity contribution >= 4 is 90.7 Å². The van der Waals surface area contributed by atoms with Crippen molar-refractivity contribution in [3.05, 3.63) is 187 Å². The Morgan fingerprint density at radius 3 is 2.11 bits per heavy atom. The van der Waals surface area contributed by atoms with Crippen LogP contribution in [0, 0.1) is 5.92 Å². The summed E-state index contributed by atoms with van der Waals surface area (Å²) >= 11 is 3.79. The molecule has 3 aromatic heterocycles. The van der Waals surface area contributed by atoms with Gasteiger partial charge in [0.15, 0.2) is 0 Å². The van der Waals surface area contributed by atoms with Crippen LogP contribution in [0.3, 0.4) is 0 Å². The van der Waals surface area contributed by atoms with Crippen LogP contribution in [0.25, 0.3) is 79.0 Å². The fourth-order valence-electron chi connectivity index (χ4n) is 9.18. The van der Waals surface area contributed by atoms with Gasteiger partial charge in [-0.1, -0.05) is 146 Å². The van der Waals surface area contributed by atoms with Crippen LogP contribution < -0.4 is 10.6 Å². The standard InChI is InChI=1S/C51H36N4S2/c1-3-14-31(15-4-1)49-52-50(32-16-5-2-6-17-32)54-51(53-49)41-24-12-23-39-38-22-11-21-37(47(38)57-48(39)41)36-20-13-27-44-46(36)40-29-28-33(30-45(40)56-44)55-42-25-9-7-18-34(42)35-19-8-10-26-43(35)55/h1-16,18-30,32,49,51,53H,17H2,(H,52,54). The van der Waals surface area contributed by atoms with Crippen molar-refractivity contribution in [2.24, 2.45) is 10.9 Å². The minimum Gasteiger partial charge on any atom is -0.354 e. The van der Waals surface area contributed by atoms with Crippen LogP contribution in [-0.4, -0.2) is 10.4 Å². The van der Waals surface area contributed by atoms with Crippen LogP contribution in [0.15, 0.2) is 181 Å². The van der Waals surface area contributed by atoms with E-state index in [2.05, 4.69) is 191 Å². The van der Waals surface area contributed by atoms with Crippen LogP contribution in [0.5, 0.6) is 0 Å². The second kappa shape index (κ2) is 13.1. The van der Waals surface area contributed by atoms with Gasteiger partial charge in [-0.3, -0.25) is 5.32 Å². The zero-order valence-electron chi connectivity index (χ0n) is 30.9. The summed E-state index contributed by atoms with van der Waals surface area (Å²) in [6.45, 7) is 0. The lowest BCUT2D eigenvalue weighted by molar-refractivity contribution is 0.401. The molecule has 0 radical (unpaired) electrons. The van der Waals surface area contributed by atoms with E-state index in [4.69, 9.17) is 4.99 Å². The molecule has 2 N–H and O–H groups in total. The molecule has 3 atom stereocenters. The van der Waals surface area contributed by atoms with Gasteiger partial charge in [-0.25, -0.2) is 4.99 Å². The average Bonchev–Trinajstić information content (AvgIpc) is 3.96. The number of nitrogens with one attached hydrogen (secondary N) is 2. The maximum atomic E-state index is 5.39. The Morgan fingerprint density at radius 1 is 0.579 bits per heavy atom. The summed E-state index contributed by atoms with van der Waals surface area (Å²) in [5.74, 6) is 1.25. The van der Waals surface area contributed by atoms with E-state index in [1.54, 1.807) is 0 Å². The molecule has 0 spiro atoms. The molecule has 10 aromatic rings.